The van der Waals surface area contributed by atoms with Gasteiger partial charge in [0.1, 0.15) is 0 Å². The molecule has 2 atom stereocenters. The largest absolute Gasteiger partial charge is 0.393 e. The molecule has 0 radical (unpaired) electrons. The van der Waals surface area contributed by atoms with Gasteiger partial charge in [-0.3, -0.25) is 4.90 Å². The van der Waals surface area contributed by atoms with Crippen LogP contribution < -0.4 is 5.73 Å². The van der Waals surface area contributed by atoms with E-state index in [1.54, 1.807) is 7.11 Å². The standard InChI is InChI=1S/C13H26N2O2S/c1-16-9-8-15(7-6-13(14)18)11-4-3-5-12(10-11)17-2/h11-12H,3-10H2,1-2H3,(H2,14,18). The van der Waals surface area contributed by atoms with Crippen LogP contribution in [0.4, 0.5) is 0 Å². The normalized spacial score (nSPS) is 24.4. The molecular weight excluding hydrogens is 248 g/mol. The molecule has 106 valence electrons. The first-order valence-corrected chi connectivity index (χ1v) is 7.12. The highest BCUT2D eigenvalue weighted by molar-refractivity contribution is 7.80. The van der Waals surface area contributed by atoms with E-state index in [0.717, 1.165) is 32.5 Å². The van der Waals surface area contributed by atoms with Crippen LogP contribution in [0.3, 0.4) is 0 Å². The van der Waals surface area contributed by atoms with Crippen molar-refractivity contribution >= 4 is 17.2 Å². The van der Waals surface area contributed by atoms with Gasteiger partial charge in [-0.05, 0) is 25.7 Å². The number of nitrogens with zero attached hydrogens (tertiary/aromatic N) is 1. The van der Waals surface area contributed by atoms with Crippen LogP contribution in [-0.2, 0) is 9.47 Å². The van der Waals surface area contributed by atoms with Gasteiger partial charge in [-0.15, -0.1) is 0 Å². The highest BCUT2D eigenvalue weighted by atomic mass is 32.1. The van der Waals surface area contributed by atoms with Crippen molar-refractivity contribution in [1.82, 2.24) is 4.90 Å². The number of thiocarbonyl (C=S) groups is 1. The fraction of sp³-hybridized carbons (Fsp3) is 0.923. The van der Waals surface area contributed by atoms with Crippen molar-refractivity contribution < 1.29 is 9.47 Å². The minimum atomic E-state index is 0.402. The lowest BCUT2D eigenvalue weighted by Gasteiger charge is -2.37. The molecule has 0 saturated heterocycles. The van der Waals surface area contributed by atoms with Crippen LogP contribution in [0.25, 0.3) is 0 Å². The zero-order valence-electron chi connectivity index (χ0n) is 11.6. The predicted molar refractivity (Wildman–Crippen MR) is 77.9 cm³/mol. The fourth-order valence-corrected chi connectivity index (χ4v) is 2.70. The van der Waals surface area contributed by atoms with Gasteiger partial charge in [-0.2, -0.15) is 0 Å². The molecule has 0 aromatic carbocycles. The number of nitrogens with two attached hydrogens (primary N) is 1. The van der Waals surface area contributed by atoms with Crippen molar-refractivity contribution in [3.63, 3.8) is 0 Å². The topological polar surface area (TPSA) is 47.7 Å². The van der Waals surface area contributed by atoms with Crippen LogP contribution in [-0.4, -0.2) is 56.0 Å². The maximum Gasteiger partial charge on any atom is 0.0740 e. The summed E-state index contributed by atoms with van der Waals surface area (Å²) < 4.78 is 10.7. The molecule has 0 amide bonds. The van der Waals surface area contributed by atoms with Gasteiger partial charge >= 0.3 is 0 Å². The molecule has 2 N–H and O–H groups in total. The van der Waals surface area contributed by atoms with Gasteiger partial charge in [-0.25, -0.2) is 0 Å². The van der Waals surface area contributed by atoms with E-state index in [2.05, 4.69) is 4.90 Å². The monoisotopic (exact) mass is 274 g/mol. The highest BCUT2D eigenvalue weighted by Gasteiger charge is 2.26. The molecule has 5 heteroatoms. The molecule has 0 aromatic heterocycles. The number of hydrogen-bond donors (Lipinski definition) is 1. The molecule has 0 heterocycles. The van der Waals surface area contributed by atoms with E-state index in [9.17, 15) is 0 Å². The molecule has 1 rings (SSSR count). The smallest absolute Gasteiger partial charge is 0.0740 e. The Kier molecular flexibility index (Phi) is 7.74. The molecule has 1 aliphatic carbocycles. The lowest BCUT2D eigenvalue weighted by molar-refractivity contribution is 0.0215. The minimum Gasteiger partial charge on any atom is -0.393 e. The van der Waals surface area contributed by atoms with Crippen LogP contribution >= 0.6 is 12.2 Å². The van der Waals surface area contributed by atoms with E-state index >= 15 is 0 Å². The Morgan fingerprint density at radius 2 is 2.11 bits per heavy atom. The Balaban J connectivity index is 2.48. The second kappa shape index (κ2) is 8.80. The number of ether oxygens (including phenoxy) is 2. The van der Waals surface area contributed by atoms with Gasteiger partial charge in [0.05, 0.1) is 17.7 Å². The third-order valence-electron chi connectivity index (χ3n) is 3.68. The summed E-state index contributed by atoms with van der Waals surface area (Å²) in [5.74, 6) is 0. The van der Waals surface area contributed by atoms with Crippen LogP contribution in [0.15, 0.2) is 0 Å². The van der Waals surface area contributed by atoms with E-state index in [1.807, 2.05) is 7.11 Å². The van der Waals surface area contributed by atoms with E-state index in [1.165, 1.54) is 19.3 Å². The third kappa shape index (κ3) is 5.61. The van der Waals surface area contributed by atoms with Gasteiger partial charge < -0.3 is 15.2 Å². The summed E-state index contributed by atoms with van der Waals surface area (Å²) in [7, 11) is 3.55. The number of rotatable bonds is 8. The molecule has 0 spiro atoms. The predicted octanol–water partition coefficient (Wildman–Crippen LogP) is 1.57. The molecule has 1 fully saturated rings. The van der Waals surface area contributed by atoms with Gasteiger partial charge in [0, 0.05) is 39.8 Å². The average Bonchev–Trinajstić information content (AvgIpc) is 2.38. The van der Waals surface area contributed by atoms with E-state index in [-0.39, 0.29) is 0 Å². The van der Waals surface area contributed by atoms with Gasteiger partial charge in [0.25, 0.3) is 0 Å². The molecule has 0 aliphatic heterocycles. The molecule has 4 nitrogen and oxygen atoms in total. The first kappa shape index (κ1) is 15.8. The first-order chi connectivity index (χ1) is 8.67. The average molecular weight is 274 g/mol. The second-order valence-electron chi connectivity index (χ2n) is 4.92. The van der Waals surface area contributed by atoms with Gasteiger partial charge in [0.15, 0.2) is 0 Å². The summed E-state index contributed by atoms with van der Waals surface area (Å²) in [4.78, 5) is 3.05. The fourth-order valence-electron chi connectivity index (χ4n) is 2.61. The lowest BCUT2D eigenvalue weighted by atomic mass is 9.91. The Labute approximate surface area is 116 Å². The molecule has 2 unspecified atom stereocenters. The lowest BCUT2D eigenvalue weighted by Crippen LogP contribution is -2.43. The zero-order chi connectivity index (χ0) is 13.4. The molecule has 18 heavy (non-hydrogen) atoms. The summed E-state index contributed by atoms with van der Waals surface area (Å²) in [6, 6.07) is 0.577. The molecule has 1 saturated carbocycles. The highest BCUT2D eigenvalue weighted by Crippen LogP contribution is 2.24. The van der Waals surface area contributed by atoms with E-state index < -0.39 is 0 Å². The first-order valence-electron chi connectivity index (χ1n) is 6.71. The van der Waals surface area contributed by atoms with Crippen molar-refractivity contribution in [2.24, 2.45) is 5.73 Å². The van der Waals surface area contributed by atoms with Crippen molar-refractivity contribution in [3.8, 4) is 0 Å². The van der Waals surface area contributed by atoms with Gasteiger partial charge in [0.2, 0.25) is 0 Å². The maximum absolute atomic E-state index is 5.60. The molecule has 1 aliphatic rings. The molecule has 0 bridgehead atoms. The summed E-state index contributed by atoms with van der Waals surface area (Å²) in [5, 5.41) is 0. The molecular formula is C13H26N2O2S. The Bertz CT molecular complexity index is 251. The van der Waals surface area contributed by atoms with Crippen LogP contribution in [0, 0.1) is 0 Å². The number of methoxy groups -OCH3 is 2. The van der Waals surface area contributed by atoms with Crippen molar-refractivity contribution in [1.29, 1.82) is 0 Å². The summed E-state index contributed by atoms with van der Waals surface area (Å²) in [6.45, 7) is 2.63. The van der Waals surface area contributed by atoms with Gasteiger partial charge in [-0.1, -0.05) is 12.2 Å². The van der Waals surface area contributed by atoms with E-state index in [4.69, 9.17) is 27.4 Å². The maximum atomic E-state index is 5.60. The van der Waals surface area contributed by atoms with Crippen LogP contribution in [0.5, 0.6) is 0 Å². The van der Waals surface area contributed by atoms with Crippen LogP contribution in [0.1, 0.15) is 32.1 Å². The van der Waals surface area contributed by atoms with Crippen molar-refractivity contribution in [2.45, 2.75) is 44.2 Å². The summed E-state index contributed by atoms with van der Waals surface area (Å²) >= 11 is 4.97. The Morgan fingerprint density at radius 1 is 1.33 bits per heavy atom. The van der Waals surface area contributed by atoms with Crippen molar-refractivity contribution in [2.75, 3.05) is 33.9 Å². The summed E-state index contributed by atoms with van der Waals surface area (Å²) in [6.07, 6.45) is 5.95. The quantitative estimate of drug-likeness (QED) is 0.681. The van der Waals surface area contributed by atoms with Crippen LogP contribution in [0.2, 0.25) is 0 Å². The molecule has 0 aromatic rings. The SMILES string of the molecule is COCCN(CCC(N)=S)C1CCCC(OC)C1. The Morgan fingerprint density at radius 3 is 2.72 bits per heavy atom. The minimum absolute atomic E-state index is 0.402. The number of hydrogen-bond acceptors (Lipinski definition) is 4. The third-order valence-corrected chi connectivity index (χ3v) is 3.88. The van der Waals surface area contributed by atoms with E-state index in [0.29, 0.717) is 17.1 Å². The Hall–Kier alpha value is -0.230. The second-order valence-corrected chi connectivity index (χ2v) is 5.45. The van der Waals surface area contributed by atoms with Crippen molar-refractivity contribution in [3.05, 3.63) is 0 Å². The zero-order valence-corrected chi connectivity index (χ0v) is 12.4. The summed E-state index contributed by atoms with van der Waals surface area (Å²) in [5.41, 5.74) is 5.60.